The summed E-state index contributed by atoms with van der Waals surface area (Å²) in [5, 5.41) is 0.215. The van der Waals surface area contributed by atoms with E-state index in [9.17, 15) is 4.39 Å². The molecule has 1 unspecified atom stereocenters. The first-order valence-corrected chi connectivity index (χ1v) is 9.41. The van der Waals surface area contributed by atoms with Crippen LogP contribution in [0.1, 0.15) is 43.7 Å². The fourth-order valence-corrected chi connectivity index (χ4v) is 3.75. The largest absolute Gasteiger partial charge is 0.205 e. The highest BCUT2D eigenvalue weighted by molar-refractivity contribution is 6.33. The van der Waals surface area contributed by atoms with E-state index in [1.165, 1.54) is 5.56 Å². The summed E-state index contributed by atoms with van der Waals surface area (Å²) in [4.78, 5) is 0. The number of hydrogen-bond acceptors (Lipinski definition) is 0. The average molecular weight is 355 g/mol. The number of allylic oxidation sites excluding steroid dienone is 3. The smallest absolute Gasteiger partial charge is 0.149 e. The Morgan fingerprint density at radius 2 is 1.88 bits per heavy atom. The van der Waals surface area contributed by atoms with Crippen molar-refractivity contribution in [3.8, 4) is 11.1 Å². The van der Waals surface area contributed by atoms with Crippen LogP contribution in [0.4, 0.5) is 4.39 Å². The van der Waals surface area contributed by atoms with Gasteiger partial charge in [0.2, 0.25) is 0 Å². The number of benzene rings is 2. The van der Waals surface area contributed by atoms with Crippen molar-refractivity contribution < 1.29 is 4.39 Å². The van der Waals surface area contributed by atoms with Crippen molar-refractivity contribution in [2.45, 2.75) is 39.0 Å². The number of halogens is 2. The highest BCUT2D eigenvalue weighted by atomic mass is 35.5. The summed E-state index contributed by atoms with van der Waals surface area (Å²) in [6, 6.07) is 12.1. The second-order valence-corrected chi connectivity index (χ2v) is 7.11. The van der Waals surface area contributed by atoms with Crippen LogP contribution in [0, 0.1) is 11.7 Å². The molecule has 2 aromatic carbocycles. The van der Waals surface area contributed by atoms with Crippen LogP contribution < -0.4 is 0 Å². The first-order chi connectivity index (χ1) is 12.1. The van der Waals surface area contributed by atoms with Crippen LogP contribution in [-0.2, 0) is 6.42 Å². The molecule has 1 atom stereocenters. The molecule has 0 heterocycles. The van der Waals surface area contributed by atoms with Gasteiger partial charge in [0.1, 0.15) is 5.82 Å². The third-order valence-corrected chi connectivity index (χ3v) is 5.39. The van der Waals surface area contributed by atoms with E-state index >= 15 is 0 Å². The van der Waals surface area contributed by atoms with Gasteiger partial charge in [-0.05, 0) is 48.3 Å². The van der Waals surface area contributed by atoms with E-state index in [4.69, 9.17) is 11.6 Å². The van der Waals surface area contributed by atoms with Crippen LogP contribution in [0.15, 0.2) is 55.1 Å². The first kappa shape index (κ1) is 17.9. The Hall–Kier alpha value is -1.86. The topological polar surface area (TPSA) is 0 Å². The molecule has 1 aliphatic carbocycles. The summed E-state index contributed by atoms with van der Waals surface area (Å²) in [5.41, 5.74) is 4.70. The lowest BCUT2D eigenvalue weighted by Gasteiger charge is -2.20. The summed E-state index contributed by atoms with van der Waals surface area (Å²) in [6.07, 6.45) is 9.11. The maximum atomic E-state index is 14.9. The molecule has 3 rings (SSSR count). The highest BCUT2D eigenvalue weighted by Crippen LogP contribution is 2.37. The highest BCUT2D eigenvalue weighted by Gasteiger charge is 2.19. The molecular weight excluding hydrogens is 331 g/mol. The van der Waals surface area contributed by atoms with Gasteiger partial charge in [-0.1, -0.05) is 73.5 Å². The molecule has 0 aromatic heterocycles. The molecule has 0 bridgehead atoms. The van der Waals surface area contributed by atoms with Crippen LogP contribution in [0.25, 0.3) is 16.7 Å². The molecule has 1 aliphatic rings. The molecule has 0 amide bonds. The van der Waals surface area contributed by atoms with E-state index < -0.39 is 0 Å². The predicted molar refractivity (Wildman–Crippen MR) is 106 cm³/mol. The van der Waals surface area contributed by atoms with Gasteiger partial charge in [-0.15, -0.1) is 6.58 Å². The standard InChI is InChI=1S/C23H24ClF/c1-3-5-17-8-12-18(13-9-17)20-14-15-21(23(25)22(20)24)19-10-6-16(4-2)7-11-19/h4,8-10,12-16H,2-3,5-7,11H2,1H3. The van der Waals surface area contributed by atoms with Gasteiger partial charge in [0.25, 0.3) is 0 Å². The van der Waals surface area contributed by atoms with Gasteiger partial charge in [-0.2, -0.15) is 0 Å². The molecule has 0 nitrogen and oxygen atoms in total. The predicted octanol–water partition coefficient (Wildman–Crippen LogP) is 7.47. The van der Waals surface area contributed by atoms with E-state index in [0.717, 1.165) is 48.8 Å². The maximum Gasteiger partial charge on any atom is 0.149 e. The zero-order valence-electron chi connectivity index (χ0n) is 14.7. The van der Waals surface area contributed by atoms with Crippen molar-refractivity contribution in [2.75, 3.05) is 0 Å². The summed E-state index contributed by atoms with van der Waals surface area (Å²) < 4.78 is 14.9. The minimum Gasteiger partial charge on any atom is -0.205 e. The normalized spacial score (nSPS) is 17.2. The van der Waals surface area contributed by atoms with E-state index in [2.05, 4.69) is 31.7 Å². The molecule has 0 fully saturated rings. The van der Waals surface area contributed by atoms with Crippen LogP contribution in [-0.4, -0.2) is 0 Å². The zero-order valence-corrected chi connectivity index (χ0v) is 15.5. The van der Waals surface area contributed by atoms with E-state index in [-0.39, 0.29) is 10.8 Å². The SMILES string of the molecule is C=CC1CC=C(c2ccc(-c3ccc(CCC)cc3)c(Cl)c2F)CC1. The van der Waals surface area contributed by atoms with Crippen molar-refractivity contribution >= 4 is 17.2 Å². The fraction of sp³-hybridized carbons (Fsp3) is 0.304. The summed E-state index contributed by atoms with van der Waals surface area (Å²) in [5.74, 6) is 0.197. The zero-order chi connectivity index (χ0) is 17.8. The van der Waals surface area contributed by atoms with Crippen molar-refractivity contribution in [3.05, 3.63) is 77.1 Å². The van der Waals surface area contributed by atoms with Gasteiger partial charge in [0.05, 0.1) is 5.02 Å². The molecule has 0 saturated carbocycles. The van der Waals surface area contributed by atoms with Gasteiger partial charge < -0.3 is 0 Å². The number of aryl methyl sites for hydroxylation is 1. The second-order valence-electron chi connectivity index (χ2n) is 6.74. The molecular formula is C23H24ClF. The molecule has 0 radical (unpaired) electrons. The van der Waals surface area contributed by atoms with Crippen LogP contribution in [0.3, 0.4) is 0 Å². The second kappa shape index (κ2) is 8.01. The molecule has 0 aliphatic heterocycles. The van der Waals surface area contributed by atoms with Gasteiger partial charge in [-0.3, -0.25) is 0 Å². The minimum absolute atomic E-state index is 0.215. The van der Waals surface area contributed by atoms with E-state index in [0.29, 0.717) is 11.5 Å². The molecule has 130 valence electrons. The molecule has 2 heteroatoms. The lowest BCUT2D eigenvalue weighted by molar-refractivity contribution is 0.585. The van der Waals surface area contributed by atoms with Gasteiger partial charge in [0, 0.05) is 11.1 Å². The van der Waals surface area contributed by atoms with Gasteiger partial charge in [0.15, 0.2) is 0 Å². The molecule has 2 aromatic rings. The Kier molecular flexibility index (Phi) is 5.75. The summed E-state index contributed by atoms with van der Waals surface area (Å²) in [7, 11) is 0. The van der Waals surface area contributed by atoms with Crippen molar-refractivity contribution in [1.82, 2.24) is 0 Å². The third-order valence-electron chi connectivity index (χ3n) is 5.02. The monoisotopic (exact) mass is 354 g/mol. The third kappa shape index (κ3) is 3.88. The van der Waals surface area contributed by atoms with Crippen molar-refractivity contribution in [2.24, 2.45) is 5.92 Å². The fourth-order valence-electron chi connectivity index (χ4n) is 3.47. The summed E-state index contributed by atoms with van der Waals surface area (Å²) in [6.45, 7) is 6.02. The molecule has 25 heavy (non-hydrogen) atoms. The lowest BCUT2D eigenvalue weighted by Crippen LogP contribution is -2.03. The Labute approximate surface area is 155 Å². The van der Waals surface area contributed by atoms with E-state index in [1.807, 2.05) is 30.3 Å². The van der Waals surface area contributed by atoms with E-state index in [1.54, 1.807) is 0 Å². The van der Waals surface area contributed by atoms with Crippen LogP contribution in [0.5, 0.6) is 0 Å². The molecule has 0 spiro atoms. The quantitative estimate of drug-likeness (QED) is 0.488. The minimum atomic E-state index is -0.305. The van der Waals surface area contributed by atoms with Gasteiger partial charge in [-0.25, -0.2) is 4.39 Å². The van der Waals surface area contributed by atoms with Crippen LogP contribution in [0.2, 0.25) is 5.02 Å². The first-order valence-electron chi connectivity index (χ1n) is 9.03. The Morgan fingerprint density at radius 1 is 1.16 bits per heavy atom. The average Bonchev–Trinajstić information content (AvgIpc) is 2.65. The summed E-state index contributed by atoms with van der Waals surface area (Å²) >= 11 is 6.39. The van der Waals surface area contributed by atoms with Crippen molar-refractivity contribution in [1.29, 1.82) is 0 Å². The maximum absolute atomic E-state index is 14.9. The van der Waals surface area contributed by atoms with Gasteiger partial charge >= 0.3 is 0 Å². The number of rotatable bonds is 5. The molecule has 0 saturated heterocycles. The Bertz CT molecular complexity index is 786. The Balaban J connectivity index is 1.90. The lowest BCUT2D eigenvalue weighted by atomic mass is 9.86. The van der Waals surface area contributed by atoms with Crippen LogP contribution >= 0.6 is 11.6 Å². The molecule has 0 N–H and O–H groups in total. The Morgan fingerprint density at radius 3 is 2.48 bits per heavy atom. The van der Waals surface area contributed by atoms with Crippen molar-refractivity contribution in [3.63, 3.8) is 0 Å². The number of hydrogen-bond donors (Lipinski definition) is 0.